The maximum atomic E-state index is 12.0. The highest BCUT2D eigenvalue weighted by Gasteiger charge is 2.28. The van der Waals surface area contributed by atoms with E-state index in [2.05, 4.69) is 4.98 Å². The zero-order valence-electron chi connectivity index (χ0n) is 10.0. The highest BCUT2D eigenvalue weighted by atomic mass is 16.6. The van der Waals surface area contributed by atoms with Crippen molar-refractivity contribution in [1.82, 2.24) is 9.88 Å². The molecule has 0 saturated carbocycles. The minimum absolute atomic E-state index is 0.153. The first-order valence-electron chi connectivity index (χ1n) is 5.84. The zero-order chi connectivity index (χ0) is 14.0. The molecular weight excluding hydrogens is 254 g/mol. The Hall–Kier alpha value is -2.38. The third kappa shape index (κ3) is 2.72. The van der Waals surface area contributed by atoms with Gasteiger partial charge in [-0.05, 0) is 12.8 Å². The van der Waals surface area contributed by atoms with Crippen LogP contribution in [-0.4, -0.2) is 44.9 Å². The summed E-state index contributed by atoms with van der Waals surface area (Å²) in [6.45, 7) is 0.700. The predicted octanol–water partition coefficient (Wildman–Crippen LogP) is 0.860. The number of piperidine rings is 1. The Balaban J connectivity index is 2.01. The number of hydrogen-bond acceptors (Lipinski definition) is 4. The molecule has 1 saturated heterocycles. The van der Waals surface area contributed by atoms with E-state index in [1.165, 1.54) is 11.0 Å². The molecule has 2 N–H and O–H groups in total. The molecule has 19 heavy (non-hydrogen) atoms. The van der Waals surface area contributed by atoms with Crippen molar-refractivity contribution < 1.29 is 19.6 Å². The summed E-state index contributed by atoms with van der Waals surface area (Å²) in [5.41, 5.74) is -0.00996. The second-order valence-electron chi connectivity index (χ2n) is 4.43. The first-order valence-corrected chi connectivity index (χ1v) is 5.84. The van der Waals surface area contributed by atoms with Gasteiger partial charge in [-0.3, -0.25) is 19.7 Å². The number of hydrogen-bond donors (Lipinski definition) is 2. The Morgan fingerprint density at radius 1 is 1.42 bits per heavy atom. The summed E-state index contributed by atoms with van der Waals surface area (Å²) in [5.74, 6) is -1.60. The molecule has 1 amide bonds. The molecule has 1 aliphatic heterocycles. The van der Waals surface area contributed by atoms with Gasteiger partial charge in [0.15, 0.2) is 0 Å². The fourth-order valence-corrected chi connectivity index (χ4v) is 2.11. The summed E-state index contributed by atoms with van der Waals surface area (Å²) < 4.78 is 0. The van der Waals surface area contributed by atoms with E-state index in [1.54, 1.807) is 0 Å². The number of carboxylic acids is 1. The fraction of sp³-hybridized carbons (Fsp3) is 0.455. The number of aromatic amines is 1. The third-order valence-electron chi connectivity index (χ3n) is 3.24. The lowest BCUT2D eigenvalue weighted by atomic mass is 9.97. The van der Waals surface area contributed by atoms with Gasteiger partial charge in [0.1, 0.15) is 5.69 Å². The quantitative estimate of drug-likeness (QED) is 0.622. The van der Waals surface area contributed by atoms with Crippen molar-refractivity contribution in [3.05, 3.63) is 28.1 Å². The standard InChI is InChI=1S/C11H13N3O5/c15-10(9-5-8(6-12-9)14(18)19)13-3-1-7(2-4-13)11(16)17/h5-7,12H,1-4H2,(H,16,17). The summed E-state index contributed by atoms with van der Waals surface area (Å²) in [5, 5.41) is 19.4. The highest BCUT2D eigenvalue weighted by molar-refractivity contribution is 5.93. The number of amides is 1. The maximum Gasteiger partial charge on any atom is 0.306 e. The van der Waals surface area contributed by atoms with Gasteiger partial charge in [0.05, 0.1) is 17.0 Å². The van der Waals surface area contributed by atoms with Gasteiger partial charge in [0.25, 0.3) is 11.6 Å². The number of aliphatic carboxylic acids is 1. The number of nitrogens with zero attached hydrogens (tertiary/aromatic N) is 2. The Labute approximate surface area is 108 Å². The van der Waals surface area contributed by atoms with Gasteiger partial charge in [0.2, 0.25) is 0 Å². The van der Waals surface area contributed by atoms with E-state index >= 15 is 0 Å². The van der Waals surface area contributed by atoms with Crippen LogP contribution in [0.15, 0.2) is 12.3 Å². The van der Waals surface area contributed by atoms with Gasteiger partial charge in [-0.1, -0.05) is 0 Å². The van der Waals surface area contributed by atoms with Gasteiger partial charge >= 0.3 is 5.97 Å². The van der Waals surface area contributed by atoms with Crippen molar-refractivity contribution in [2.75, 3.05) is 13.1 Å². The molecule has 1 fully saturated rings. The number of H-pyrrole nitrogens is 1. The van der Waals surface area contributed by atoms with E-state index in [1.807, 2.05) is 0 Å². The van der Waals surface area contributed by atoms with Crippen LogP contribution in [0.25, 0.3) is 0 Å². The van der Waals surface area contributed by atoms with Crippen LogP contribution in [-0.2, 0) is 4.79 Å². The van der Waals surface area contributed by atoms with Gasteiger partial charge < -0.3 is 15.0 Å². The average Bonchev–Trinajstić information content (AvgIpc) is 2.87. The van der Waals surface area contributed by atoms with Crippen molar-refractivity contribution in [2.24, 2.45) is 5.92 Å². The second kappa shape index (κ2) is 5.09. The second-order valence-corrected chi connectivity index (χ2v) is 4.43. The molecule has 0 aromatic carbocycles. The molecule has 0 atom stereocenters. The number of carboxylic acid groups (broad SMARTS) is 1. The lowest BCUT2D eigenvalue weighted by molar-refractivity contribution is -0.384. The van der Waals surface area contributed by atoms with Crippen LogP contribution in [0.5, 0.6) is 0 Å². The smallest absolute Gasteiger partial charge is 0.306 e. The Morgan fingerprint density at radius 3 is 2.53 bits per heavy atom. The third-order valence-corrected chi connectivity index (χ3v) is 3.24. The minimum Gasteiger partial charge on any atom is -0.481 e. The molecule has 1 aliphatic rings. The summed E-state index contributed by atoms with van der Waals surface area (Å²) >= 11 is 0. The fourth-order valence-electron chi connectivity index (χ4n) is 2.11. The normalized spacial score (nSPS) is 16.3. The number of nitro groups is 1. The first-order chi connectivity index (χ1) is 8.99. The van der Waals surface area contributed by atoms with Crippen molar-refractivity contribution >= 4 is 17.6 Å². The molecule has 2 heterocycles. The van der Waals surface area contributed by atoms with Crippen LogP contribution < -0.4 is 0 Å². The van der Waals surface area contributed by atoms with E-state index < -0.39 is 16.8 Å². The first kappa shape index (κ1) is 13.1. The van der Waals surface area contributed by atoms with E-state index in [0.29, 0.717) is 25.9 Å². The lowest BCUT2D eigenvalue weighted by Gasteiger charge is -2.29. The van der Waals surface area contributed by atoms with Crippen LogP contribution in [0.4, 0.5) is 5.69 Å². The monoisotopic (exact) mass is 267 g/mol. The molecule has 0 spiro atoms. The SMILES string of the molecule is O=C(O)C1CCN(C(=O)c2cc([N+](=O)[O-])c[nH]2)CC1. The summed E-state index contributed by atoms with van der Waals surface area (Å²) in [4.78, 5) is 36.9. The maximum absolute atomic E-state index is 12.0. The van der Waals surface area contributed by atoms with Crippen molar-refractivity contribution in [3.8, 4) is 0 Å². The average molecular weight is 267 g/mol. The molecular formula is C11H13N3O5. The predicted molar refractivity (Wildman–Crippen MR) is 63.7 cm³/mol. The Bertz CT molecular complexity index is 516. The van der Waals surface area contributed by atoms with E-state index in [9.17, 15) is 19.7 Å². The van der Waals surface area contributed by atoms with Crippen molar-refractivity contribution in [1.29, 1.82) is 0 Å². The zero-order valence-corrected chi connectivity index (χ0v) is 10.0. The molecule has 0 aliphatic carbocycles. The summed E-state index contributed by atoms with van der Waals surface area (Å²) in [6, 6.07) is 1.19. The van der Waals surface area contributed by atoms with Crippen LogP contribution in [0.2, 0.25) is 0 Å². The van der Waals surface area contributed by atoms with Crippen LogP contribution in [0, 0.1) is 16.0 Å². The van der Waals surface area contributed by atoms with E-state index in [4.69, 9.17) is 5.11 Å². The van der Waals surface area contributed by atoms with Gasteiger partial charge in [-0.25, -0.2) is 0 Å². The lowest BCUT2D eigenvalue weighted by Crippen LogP contribution is -2.40. The molecule has 0 bridgehead atoms. The van der Waals surface area contributed by atoms with Crippen LogP contribution >= 0.6 is 0 Å². The van der Waals surface area contributed by atoms with E-state index in [0.717, 1.165) is 6.20 Å². The van der Waals surface area contributed by atoms with Gasteiger partial charge in [-0.15, -0.1) is 0 Å². The number of carbonyl (C=O) groups excluding carboxylic acids is 1. The van der Waals surface area contributed by atoms with Crippen LogP contribution in [0.1, 0.15) is 23.3 Å². The van der Waals surface area contributed by atoms with Crippen LogP contribution in [0.3, 0.4) is 0 Å². The Morgan fingerprint density at radius 2 is 2.05 bits per heavy atom. The molecule has 1 aromatic heterocycles. The Kier molecular flexibility index (Phi) is 3.50. The summed E-state index contributed by atoms with van der Waals surface area (Å²) in [6.07, 6.45) is 1.98. The van der Waals surface area contributed by atoms with Gasteiger partial charge in [0, 0.05) is 19.2 Å². The molecule has 8 heteroatoms. The topological polar surface area (TPSA) is 117 Å². The molecule has 1 aromatic rings. The molecule has 102 valence electrons. The number of nitrogens with one attached hydrogen (secondary N) is 1. The molecule has 0 radical (unpaired) electrons. The van der Waals surface area contributed by atoms with Crippen molar-refractivity contribution in [3.63, 3.8) is 0 Å². The highest BCUT2D eigenvalue weighted by Crippen LogP contribution is 2.20. The number of carbonyl (C=O) groups is 2. The largest absolute Gasteiger partial charge is 0.481 e. The number of likely N-dealkylation sites (tertiary alicyclic amines) is 1. The molecule has 2 rings (SSSR count). The minimum atomic E-state index is -0.845. The summed E-state index contributed by atoms with van der Waals surface area (Å²) in [7, 11) is 0. The van der Waals surface area contributed by atoms with Gasteiger partial charge in [-0.2, -0.15) is 0 Å². The number of rotatable bonds is 3. The molecule has 8 nitrogen and oxygen atoms in total. The molecule has 0 unspecified atom stereocenters. The van der Waals surface area contributed by atoms with E-state index in [-0.39, 0.29) is 17.3 Å². The van der Waals surface area contributed by atoms with Crippen molar-refractivity contribution in [2.45, 2.75) is 12.8 Å². The number of aromatic nitrogens is 1.